The third-order valence-electron chi connectivity index (χ3n) is 4.62. The van der Waals surface area contributed by atoms with Crippen molar-refractivity contribution in [1.82, 2.24) is 15.1 Å². The van der Waals surface area contributed by atoms with Crippen LogP contribution in [0.25, 0.3) is 5.69 Å². The lowest BCUT2D eigenvalue weighted by atomic mass is 9.87. The molecular formula is C18H23FN4O2. The molecule has 0 bridgehead atoms. The van der Waals surface area contributed by atoms with Crippen molar-refractivity contribution in [2.45, 2.75) is 38.6 Å². The van der Waals surface area contributed by atoms with Crippen molar-refractivity contribution < 1.29 is 14.3 Å². The molecule has 2 aromatic rings. The van der Waals surface area contributed by atoms with Crippen LogP contribution in [0.1, 0.15) is 31.4 Å². The predicted octanol–water partition coefficient (Wildman–Crippen LogP) is 2.99. The van der Waals surface area contributed by atoms with Crippen LogP contribution in [-0.4, -0.2) is 33.6 Å². The Balaban J connectivity index is 1.60. The van der Waals surface area contributed by atoms with Crippen molar-refractivity contribution in [3.05, 3.63) is 41.8 Å². The topological polar surface area (TPSA) is 79.2 Å². The molecule has 1 saturated carbocycles. The SMILES string of the molecule is Cc1cc(NC(=O)NC2CCC(CO)CC2)nn1-c1cccc(F)c1. The minimum atomic E-state index is -0.335. The first-order valence-corrected chi connectivity index (χ1v) is 8.56. The predicted molar refractivity (Wildman–Crippen MR) is 93.2 cm³/mol. The van der Waals surface area contributed by atoms with E-state index in [-0.39, 0.29) is 24.5 Å². The van der Waals surface area contributed by atoms with Gasteiger partial charge in [-0.05, 0) is 56.7 Å². The van der Waals surface area contributed by atoms with Crippen molar-refractivity contribution >= 4 is 11.8 Å². The molecule has 1 aliphatic rings. The zero-order chi connectivity index (χ0) is 17.8. The summed E-state index contributed by atoms with van der Waals surface area (Å²) in [7, 11) is 0. The van der Waals surface area contributed by atoms with E-state index < -0.39 is 0 Å². The van der Waals surface area contributed by atoms with Crippen molar-refractivity contribution in [2.75, 3.05) is 11.9 Å². The molecule has 1 aliphatic carbocycles. The van der Waals surface area contributed by atoms with E-state index in [1.807, 2.05) is 6.92 Å². The van der Waals surface area contributed by atoms with Gasteiger partial charge in [0.1, 0.15) is 5.82 Å². The molecular weight excluding hydrogens is 323 g/mol. The Kier molecular flexibility index (Phi) is 5.33. The summed E-state index contributed by atoms with van der Waals surface area (Å²) in [5, 5.41) is 19.2. The number of aromatic nitrogens is 2. The molecule has 1 heterocycles. The van der Waals surface area contributed by atoms with Gasteiger partial charge >= 0.3 is 6.03 Å². The molecule has 1 aromatic carbocycles. The zero-order valence-corrected chi connectivity index (χ0v) is 14.2. The monoisotopic (exact) mass is 346 g/mol. The van der Waals surface area contributed by atoms with E-state index in [1.165, 1.54) is 12.1 Å². The number of anilines is 1. The van der Waals surface area contributed by atoms with Crippen LogP contribution in [0, 0.1) is 18.7 Å². The summed E-state index contributed by atoms with van der Waals surface area (Å²) in [5.41, 5.74) is 1.40. The highest BCUT2D eigenvalue weighted by Crippen LogP contribution is 2.23. The number of benzene rings is 1. The third-order valence-corrected chi connectivity index (χ3v) is 4.62. The molecule has 0 atom stereocenters. The first-order chi connectivity index (χ1) is 12.0. The second kappa shape index (κ2) is 7.65. The number of carbonyl (C=O) groups is 1. The summed E-state index contributed by atoms with van der Waals surface area (Å²) in [6.07, 6.45) is 3.59. The Labute approximate surface area is 146 Å². The Morgan fingerprint density at radius 1 is 1.32 bits per heavy atom. The number of carbonyl (C=O) groups excluding carboxylic acids is 1. The Morgan fingerprint density at radius 3 is 2.76 bits per heavy atom. The molecule has 1 fully saturated rings. The van der Waals surface area contributed by atoms with Gasteiger partial charge in [-0.3, -0.25) is 5.32 Å². The van der Waals surface area contributed by atoms with E-state index in [1.54, 1.807) is 22.9 Å². The van der Waals surface area contributed by atoms with Gasteiger partial charge in [0, 0.05) is 24.4 Å². The van der Waals surface area contributed by atoms with Gasteiger partial charge in [0.05, 0.1) is 5.69 Å². The molecule has 7 heteroatoms. The molecule has 2 amide bonds. The van der Waals surface area contributed by atoms with Crippen molar-refractivity contribution in [2.24, 2.45) is 5.92 Å². The summed E-state index contributed by atoms with van der Waals surface area (Å²) in [5.74, 6) is 0.437. The molecule has 25 heavy (non-hydrogen) atoms. The second-order valence-electron chi connectivity index (χ2n) is 6.56. The van der Waals surface area contributed by atoms with Gasteiger partial charge < -0.3 is 10.4 Å². The van der Waals surface area contributed by atoms with Gasteiger partial charge in [-0.2, -0.15) is 0 Å². The Morgan fingerprint density at radius 2 is 2.08 bits per heavy atom. The molecule has 3 N–H and O–H groups in total. The summed E-state index contributed by atoms with van der Waals surface area (Å²) in [6, 6.07) is 7.71. The normalized spacial score (nSPS) is 20.3. The summed E-state index contributed by atoms with van der Waals surface area (Å²) >= 11 is 0. The molecule has 6 nitrogen and oxygen atoms in total. The molecule has 3 rings (SSSR count). The van der Waals surface area contributed by atoms with E-state index in [4.69, 9.17) is 5.11 Å². The van der Waals surface area contributed by atoms with Gasteiger partial charge in [0.2, 0.25) is 0 Å². The van der Waals surface area contributed by atoms with Crippen molar-refractivity contribution in [1.29, 1.82) is 0 Å². The van der Waals surface area contributed by atoms with Gasteiger partial charge in [-0.25, -0.2) is 13.9 Å². The minimum Gasteiger partial charge on any atom is -0.396 e. The maximum Gasteiger partial charge on any atom is 0.320 e. The van der Waals surface area contributed by atoms with Crippen LogP contribution in [0.3, 0.4) is 0 Å². The number of halogens is 1. The highest BCUT2D eigenvalue weighted by Gasteiger charge is 2.22. The number of hydrogen-bond acceptors (Lipinski definition) is 3. The smallest absolute Gasteiger partial charge is 0.320 e. The third kappa shape index (κ3) is 4.36. The van der Waals surface area contributed by atoms with E-state index >= 15 is 0 Å². The molecule has 0 radical (unpaired) electrons. The minimum absolute atomic E-state index is 0.120. The van der Waals surface area contributed by atoms with Gasteiger partial charge in [-0.15, -0.1) is 5.10 Å². The summed E-state index contributed by atoms with van der Waals surface area (Å²) < 4.78 is 15.0. The number of hydrogen-bond donors (Lipinski definition) is 3. The van der Waals surface area contributed by atoms with E-state index in [9.17, 15) is 9.18 Å². The van der Waals surface area contributed by atoms with Crippen LogP contribution in [0.15, 0.2) is 30.3 Å². The van der Waals surface area contributed by atoms with Crippen molar-refractivity contribution in [3.8, 4) is 5.69 Å². The maximum atomic E-state index is 13.4. The lowest BCUT2D eigenvalue weighted by Gasteiger charge is -2.27. The Hall–Kier alpha value is -2.41. The van der Waals surface area contributed by atoms with Crippen LogP contribution in [0.2, 0.25) is 0 Å². The number of aliphatic hydroxyl groups is 1. The second-order valence-corrected chi connectivity index (χ2v) is 6.56. The number of nitrogens with one attached hydrogen (secondary N) is 2. The fraction of sp³-hybridized carbons (Fsp3) is 0.444. The van der Waals surface area contributed by atoms with E-state index in [0.717, 1.165) is 31.4 Å². The fourth-order valence-electron chi connectivity index (χ4n) is 3.23. The average molecular weight is 346 g/mol. The molecule has 0 saturated heterocycles. The van der Waals surface area contributed by atoms with E-state index in [0.29, 0.717) is 17.4 Å². The number of rotatable bonds is 4. The molecule has 0 aliphatic heterocycles. The van der Waals surface area contributed by atoms with E-state index in [2.05, 4.69) is 15.7 Å². The first-order valence-electron chi connectivity index (χ1n) is 8.56. The molecule has 0 spiro atoms. The molecule has 1 aromatic heterocycles. The van der Waals surface area contributed by atoms with Crippen LogP contribution < -0.4 is 10.6 Å². The van der Waals surface area contributed by atoms with Crippen LogP contribution in [0.5, 0.6) is 0 Å². The highest BCUT2D eigenvalue weighted by atomic mass is 19.1. The van der Waals surface area contributed by atoms with Gasteiger partial charge in [0.15, 0.2) is 5.82 Å². The largest absolute Gasteiger partial charge is 0.396 e. The number of aliphatic hydroxyl groups excluding tert-OH is 1. The lowest BCUT2D eigenvalue weighted by Crippen LogP contribution is -2.40. The van der Waals surface area contributed by atoms with Gasteiger partial charge in [0.25, 0.3) is 0 Å². The number of aryl methyl sites for hydroxylation is 1. The summed E-state index contributed by atoms with van der Waals surface area (Å²) in [4.78, 5) is 12.2. The van der Waals surface area contributed by atoms with Crippen LogP contribution in [-0.2, 0) is 0 Å². The summed E-state index contributed by atoms with van der Waals surface area (Å²) in [6.45, 7) is 2.06. The van der Waals surface area contributed by atoms with Crippen LogP contribution >= 0.6 is 0 Å². The highest BCUT2D eigenvalue weighted by molar-refractivity contribution is 5.88. The number of amides is 2. The standard InChI is InChI=1S/C18H23FN4O2/c1-12-9-17(22-23(12)16-4-2-3-14(19)10-16)21-18(25)20-15-7-5-13(11-24)6-8-15/h2-4,9-10,13,15,24H,5-8,11H2,1H3,(H2,20,21,22,25). The van der Waals surface area contributed by atoms with Crippen LogP contribution in [0.4, 0.5) is 15.0 Å². The molecule has 134 valence electrons. The zero-order valence-electron chi connectivity index (χ0n) is 14.2. The lowest BCUT2D eigenvalue weighted by molar-refractivity contribution is 0.176. The van der Waals surface area contributed by atoms with Crippen molar-refractivity contribution in [3.63, 3.8) is 0 Å². The Bertz CT molecular complexity index is 738. The number of nitrogens with zero attached hydrogens (tertiary/aromatic N) is 2. The fourth-order valence-corrected chi connectivity index (χ4v) is 3.23. The average Bonchev–Trinajstić information content (AvgIpc) is 2.95. The quantitative estimate of drug-likeness (QED) is 0.796. The first kappa shape index (κ1) is 17.4. The van der Waals surface area contributed by atoms with Gasteiger partial charge in [-0.1, -0.05) is 6.07 Å². The molecule has 0 unspecified atom stereocenters. The maximum absolute atomic E-state index is 13.4. The number of urea groups is 1.